The van der Waals surface area contributed by atoms with Gasteiger partial charge in [-0.15, -0.1) is 0 Å². The highest BCUT2D eigenvalue weighted by Crippen LogP contribution is 2.24. The van der Waals surface area contributed by atoms with Crippen molar-refractivity contribution in [2.24, 2.45) is 7.05 Å². The van der Waals surface area contributed by atoms with Crippen molar-refractivity contribution in [1.82, 2.24) is 9.78 Å². The Morgan fingerprint density at radius 1 is 1.28 bits per heavy atom. The molecule has 0 saturated heterocycles. The van der Waals surface area contributed by atoms with Crippen LogP contribution in [0, 0.1) is 13.8 Å². The van der Waals surface area contributed by atoms with Gasteiger partial charge in [-0.05, 0) is 37.8 Å². The van der Waals surface area contributed by atoms with Gasteiger partial charge in [0.2, 0.25) is 0 Å². The van der Waals surface area contributed by atoms with E-state index in [0.29, 0.717) is 5.92 Å². The number of alkyl halides is 1. The smallest absolute Gasteiger partial charge is 0.0596 e. The zero-order valence-corrected chi connectivity index (χ0v) is 12.7. The number of rotatable bonds is 4. The van der Waals surface area contributed by atoms with Crippen molar-refractivity contribution in [2.45, 2.75) is 26.2 Å². The van der Waals surface area contributed by atoms with Crippen molar-refractivity contribution in [3.63, 3.8) is 0 Å². The summed E-state index contributed by atoms with van der Waals surface area (Å²) >= 11 is 3.64. The standard InChI is InChI=1S/C15H19BrN2/c1-11-5-4-6-13(7-11)14(10-16)9-15-8-12(2)17-18(15)3/h4-8,14H,9-10H2,1-3H3. The van der Waals surface area contributed by atoms with E-state index >= 15 is 0 Å². The SMILES string of the molecule is Cc1cccc(C(CBr)Cc2cc(C)nn2C)c1. The predicted octanol–water partition coefficient (Wildman–Crippen LogP) is 3.76. The highest BCUT2D eigenvalue weighted by atomic mass is 79.9. The second-order valence-electron chi connectivity index (χ2n) is 4.87. The van der Waals surface area contributed by atoms with Crippen LogP contribution >= 0.6 is 15.9 Å². The van der Waals surface area contributed by atoms with Gasteiger partial charge in [-0.1, -0.05) is 45.8 Å². The first-order valence-corrected chi connectivity index (χ1v) is 7.34. The largest absolute Gasteiger partial charge is 0.272 e. The molecule has 0 N–H and O–H groups in total. The summed E-state index contributed by atoms with van der Waals surface area (Å²) in [6, 6.07) is 10.9. The second kappa shape index (κ2) is 5.70. The molecule has 0 saturated carbocycles. The minimum atomic E-state index is 0.500. The lowest BCUT2D eigenvalue weighted by Crippen LogP contribution is -2.08. The van der Waals surface area contributed by atoms with Gasteiger partial charge in [0.25, 0.3) is 0 Å². The Morgan fingerprint density at radius 3 is 2.61 bits per heavy atom. The van der Waals surface area contributed by atoms with Gasteiger partial charge in [-0.2, -0.15) is 5.10 Å². The average Bonchev–Trinajstić information content (AvgIpc) is 2.64. The van der Waals surface area contributed by atoms with Gasteiger partial charge in [0.15, 0.2) is 0 Å². The monoisotopic (exact) mass is 306 g/mol. The summed E-state index contributed by atoms with van der Waals surface area (Å²) in [6.45, 7) is 4.18. The number of hydrogen-bond acceptors (Lipinski definition) is 1. The number of aryl methyl sites for hydroxylation is 3. The van der Waals surface area contributed by atoms with Crippen molar-refractivity contribution >= 4 is 15.9 Å². The molecular weight excluding hydrogens is 288 g/mol. The first-order valence-electron chi connectivity index (χ1n) is 6.22. The molecule has 0 amide bonds. The predicted molar refractivity (Wildman–Crippen MR) is 79.4 cm³/mol. The molecule has 1 unspecified atom stereocenters. The lowest BCUT2D eigenvalue weighted by molar-refractivity contribution is 0.660. The molecule has 0 fully saturated rings. The van der Waals surface area contributed by atoms with Gasteiger partial charge in [0.05, 0.1) is 5.69 Å². The summed E-state index contributed by atoms with van der Waals surface area (Å²) < 4.78 is 1.99. The molecule has 1 aromatic carbocycles. The van der Waals surface area contributed by atoms with Crippen molar-refractivity contribution in [3.05, 3.63) is 52.8 Å². The second-order valence-corrected chi connectivity index (χ2v) is 5.52. The van der Waals surface area contributed by atoms with E-state index in [9.17, 15) is 0 Å². The lowest BCUT2D eigenvalue weighted by atomic mass is 9.95. The van der Waals surface area contributed by atoms with Gasteiger partial charge >= 0.3 is 0 Å². The quantitative estimate of drug-likeness (QED) is 0.787. The molecule has 0 aliphatic rings. The van der Waals surface area contributed by atoms with E-state index in [1.165, 1.54) is 16.8 Å². The molecule has 0 radical (unpaired) electrons. The third-order valence-electron chi connectivity index (χ3n) is 3.25. The molecule has 2 rings (SSSR count). The molecule has 3 heteroatoms. The molecule has 0 aliphatic carbocycles. The Bertz CT molecular complexity index is 531. The van der Waals surface area contributed by atoms with E-state index < -0.39 is 0 Å². The first kappa shape index (κ1) is 13.3. The van der Waals surface area contributed by atoms with E-state index in [-0.39, 0.29) is 0 Å². The summed E-state index contributed by atoms with van der Waals surface area (Å²) in [6.07, 6.45) is 1.02. The lowest BCUT2D eigenvalue weighted by Gasteiger charge is -2.15. The molecule has 96 valence electrons. The maximum Gasteiger partial charge on any atom is 0.0596 e. The van der Waals surface area contributed by atoms with Crippen LogP contribution in [0.25, 0.3) is 0 Å². The number of aromatic nitrogens is 2. The molecule has 2 nitrogen and oxygen atoms in total. The number of halogens is 1. The number of nitrogens with zero attached hydrogens (tertiary/aromatic N) is 2. The maximum atomic E-state index is 4.41. The normalized spacial score (nSPS) is 12.7. The Labute approximate surface area is 117 Å². The van der Waals surface area contributed by atoms with Gasteiger partial charge in [-0.25, -0.2) is 0 Å². The Kier molecular flexibility index (Phi) is 4.23. The molecule has 0 aliphatic heterocycles. The molecule has 2 aromatic rings. The van der Waals surface area contributed by atoms with E-state index in [0.717, 1.165) is 17.4 Å². The minimum absolute atomic E-state index is 0.500. The molecule has 0 bridgehead atoms. The maximum absolute atomic E-state index is 4.41. The van der Waals surface area contributed by atoms with Gasteiger partial charge in [0.1, 0.15) is 0 Å². The zero-order valence-electron chi connectivity index (χ0n) is 11.2. The van der Waals surface area contributed by atoms with Crippen LogP contribution in [0.4, 0.5) is 0 Å². The van der Waals surface area contributed by atoms with Crippen LogP contribution in [0.15, 0.2) is 30.3 Å². The third kappa shape index (κ3) is 3.02. The van der Waals surface area contributed by atoms with Crippen molar-refractivity contribution < 1.29 is 0 Å². The molecule has 0 spiro atoms. The number of benzene rings is 1. The van der Waals surface area contributed by atoms with Crippen LogP contribution in [-0.2, 0) is 13.5 Å². The summed E-state index contributed by atoms with van der Waals surface area (Å²) in [5.41, 5.74) is 5.09. The zero-order chi connectivity index (χ0) is 13.1. The topological polar surface area (TPSA) is 17.8 Å². The fourth-order valence-corrected chi connectivity index (χ4v) is 2.90. The molecule has 1 heterocycles. The Hall–Kier alpha value is -1.09. The van der Waals surface area contributed by atoms with Crippen molar-refractivity contribution in [1.29, 1.82) is 0 Å². The van der Waals surface area contributed by atoms with Gasteiger partial charge in [0, 0.05) is 18.1 Å². The summed E-state index contributed by atoms with van der Waals surface area (Å²) in [7, 11) is 2.02. The van der Waals surface area contributed by atoms with Crippen LogP contribution in [0.1, 0.15) is 28.4 Å². The Morgan fingerprint density at radius 2 is 2.06 bits per heavy atom. The van der Waals surface area contributed by atoms with Gasteiger partial charge < -0.3 is 0 Å². The van der Waals surface area contributed by atoms with Crippen LogP contribution in [0.2, 0.25) is 0 Å². The number of hydrogen-bond donors (Lipinski definition) is 0. The van der Waals surface area contributed by atoms with E-state index in [2.05, 4.69) is 58.3 Å². The van der Waals surface area contributed by atoms with E-state index in [1.807, 2.05) is 18.7 Å². The van der Waals surface area contributed by atoms with Crippen LogP contribution in [0.3, 0.4) is 0 Å². The van der Waals surface area contributed by atoms with Crippen LogP contribution in [0.5, 0.6) is 0 Å². The molecule has 18 heavy (non-hydrogen) atoms. The highest BCUT2D eigenvalue weighted by Gasteiger charge is 2.14. The van der Waals surface area contributed by atoms with Crippen LogP contribution in [-0.4, -0.2) is 15.1 Å². The van der Waals surface area contributed by atoms with Gasteiger partial charge in [-0.3, -0.25) is 4.68 Å². The molecule has 1 aromatic heterocycles. The summed E-state index contributed by atoms with van der Waals surface area (Å²) in [4.78, 5) is 0. The van der Waals surface area contributed by atoms with E-state index in [4.69, 9.17) is 0 Å². The Balaban J connectivity index is 2.22. The fourth-order valence-electron chi connectivity index (χ4n) is 2.29. The van der Waals surface area contributed by atoms with Crippen molar-refractivity contribution in [3.8, 4) is 0 Å². The van der Waals surface area contributed by atoms with Crippen LogP contribution < -0.4 is 0 Å². The minimum Gasteiger partial charge on any atom is -0.272 e. The first-order chi connectivity index (χ1) is 8.60. The fraction of sp³-hybridized carbons (Fsp3) is 0.400. The molecule has 1 atom stereocenters. The average molecular weight is 307 g/mol. The third-order valence-corrected chi connectivity index (χ3v) is 4.04. The van der Waals surface area contributed by atoms with E-state index in [1.54, 1.807) is 0 Å². The highest BCUT2D eigenvalue weighted by molar-refractivity contribution is 9.09. The summed E-state index contributed by atoms with van der Waals surface area (Å²) in [5, 5.41) is 5.38. The van der Waals surface area contributed by atoms with Crippen molar-refractivity contribution in [2.75, 3.05) is 5.33 Å². The summed E-state index contributed by atoms with van der Waals surface area (Å²) in [5.74, 6) is 0.500. The molecular formula is C15H19BrN2.